The number of nitrogens with two attached hydrogens (primary N) is 1. The summed E-state index contributed by atoms with van der Waals surface area (Å²) in [5.74, 6) is 0.878. The average molecular weight is 191 g/mol. The number of hydrogen-bond acceptors (Lipinski definition) is 2. The molecule has 0 fully saturated rings. The highest BCUT2D eigenvalue weighted by molar-refractivity contribution is 5.29. The molecule has 1 rings (SSSR count). The maximum atomic E-state index is 5.59. The van der Waals surface area contributed by atoms with Crippen molar-refractivity contribution < 1.29 is 4.74 Å². The molecule has 0 aromatic heterocycles. The van der Waals surface area contributed by atoms with Gasteiger partial charge in [0.05, 0.1) is 0 Å². The highest BCUT2D eigenvalue weighted by Crippen LogP contribution is 2.15. The predicted molar refractivity (Wildman–Crippen MR) is 59.5 cm³/mol. The molecule has 0 aliphatic carbocycles. The standard InChI is InChI=1S/C12H17NO/c1-3-10(2)14-12-6-4-5-11(9-12)7-8-13/h3-6,9-10H,1,7-8,13H2,2H3. The van der Waals surface area contributed by atoms with Crippen molar-refractivity contribution in [1.82, 2.24) is 0 Å². The molecule has 76 valence electrons. The summed E-state index contributed by atoms with van der Waals surface area (Å²) >= 11 is 0. The zero-order chi connectivity index (χ0) is 10.4. The molecule has 0 saturated carbocycles. The fraction of sp³-hybridized carbons (Fsp3) is 0.333. The molecule has 0 radical (unpaired) electrons. The van der Waals surface area contributed by atoms with Crippen molar-refractivity contribution in [1.29, 1.82) is 0 Å². The molecule has 0 heterocycles. The van der Waals surface area contributed by atoms with Crippen LogP contribution in [0.1, 0.15) is 12.5 Å². The number of hydrogen-bond donors (Lipinski definition) is 1. The van der Waals surface area contributed by atoms with Crippen LogP contribution in [0, 0.1) is 0 Å². The van der Waals surface area contributed by atoms with Crippen LogP contribution in [0.5, 0.6) is 5.75 Å². The molecule has 0 spiro atoms. The minimum atomic E-state index is 0.0446. The van der Waals surface area contributed by atoms with Crippen molar-refractivity contribution in [2.75, 3.05) is 6.54 Å². The van der Waals surface area contributed by atoms with Gasteiger partial charge in [-0.2, -0.15) is 0 Å². The summed E-state index contributed by atoms with van der Waals surface area (Å²) in [5.41, 5.74) is 6.69. The second-order valence-corrected chi connectivity index (χ2v) is 3.24. The summed E-state index contributed by atoms with van der Waals surface area (Å²) in [5, 5.41) is 0. The summed E-state index contributed by atoms with van der Waals surface area (Å²) in [6.07, 6.45) is 2.71. The lowest BCUT2D eigenvalue weighted by molar-refractivity contribution is 0.270. The van der Waals surface area contributed by atoms with E-state index in [2.05, 4.69) is 12.6 Å². The highest BCUT2D eigenvalue weighted by atomic mass is 16.5. The highest BCUT2D eigenvalue weighted by Gasteiger charge is 1.99. The zero-order valence-electron chi connectivity index (χ0n) is 8.57. The SMILES string of the molecule is C=CC(C)Oc1cccc(CCN)c1. The molecule has 0 aliphatic rings. The maximum Gasteiger partial charge on any atom is 0.120 e. The van der Waals surface area contributed by atoms with Gasteiger partial charge < -0.3 is 10.5 Å². The number of benzene rings is 1. The quantitative estimate of drug-likeness (QED) is 0.724. The molecule has 1 aromatic carbocycles. The fourth-order valence-electron chi connectivity index (χ4n) is 1.20. The number of ether oxygens (including phenoxy) is 1. The van der Waals surface area contributed by atoms with E-state index in [-0.39, 0.29) is 6.10 Å². The van der Waals surface area contributed by atoms with Crippen molar-refractivity contribution in [3.63, 3.8) is 0 Å². The largest absolute Gasteiger partial charge is 0.487 e. The minimum Gasteiger partial charge on any atom is -0.487 e. The Kier molecular flexibility index (Phi) is 4.20. The molecular formula is C12H17NO. The van der Waals surface area contributed by atoms with Gasteiger partial charge in [0.15, 0.2) is 0 Å². The summed E-state index contributed by atoms with van der Waals surface area (Å²) in [6.45, 7) is 6.30. The van der Waals surface area contributed by atoms with Crippen LogP contribution >= 0.6 is 0 Å². The maximum absolute atomic E-state index is 5.59. The predicted octanol–water partition coefficient (Wildman–Crippen LogP) is 2.14. The Balaban J connectivity index is 2.67. The average Bonchev–Trinajstić information content (AvgIpc) is 2.19. The molecule has 1 unspecified atom stereocenters. The third kappa shape index (κ3) is 3.23. The summed E-state index contributed by atoms with van der Waals surface area (Å²) in [6, 6.07) is 8.00. The zero-order valence-corrected chi connectivity index (χ0v) is 8.57. The third-order valence-electron chi connectivity index (χ3n) is 1.99. The first-order valence-electron chi connectivity index (χ1n) is 4.84. The van der Waals surface area contributed by atoms with Crippen molar-refractivity contribution in [2.24, 2.45) is 5.73 Å². The molecule has 1 aromatic rings. The van der Waals surface area contributed by atoms with E-state index in [0.717, 1.165) is 12.2 Å². The summed E-state index contributed by atoms with van der Waals surface area (Å²) in [4.78, 5) is 0. The van der Waals surface area contributed by atoms with E-state index in [0.29, 0.717) is 6.54 Å². The van der Waals surface area contributed by atoms with E-state index in [1.54, 1.807) is 6.08 Å². The van der Waals surface area contributed by atoms with E-state index in [4.69, 9.17) is 10.5 Å². The van der Waals surface area contributed by atoms with Gasteiger partial charge in [-0.3, -0.25) is 0 Å². The molecule has 1 atom stereocenters. The van der Waals surface area contributed by atoms with Crippen LogP contribution in [0.15, 0.2) is 36.9 Å². The molecular weight excluding hydrogens is 174 g/mol. The molecule has 2 heteroatoms. The van der Waals surface area contributed by atoms with Crippen LogP contribution < -0.4 is 10.5 Å². The van der Waals surface area contributed by atoms with Crippen molar-refractivity contribution in [3.8, 4) is 5.75 Å². The Morgan fingerprint density at radius 3 is 3.00 bits per heavy atom. The molecule has 0 saturated heterocycles. The van der Waals surface area contributed by atoms with Crippen LogP contribution in [-0.2, 0) is 6.42 Å². The van der Waals surface area contributed by atoms with Crippen molar-refractivity contribution in [2.45, 2.75) is 19.4 Å². The monoisotopic (exact) mass is 191 g/mol. The smallest absolute Gasteiger partial charge is 0.120 e. The van der Waals surface area contributed by atoms with E-state index >= 15 is 0 Å². The molecule has 2 nitrogen and oxygen atoms in total. The first-order valence-corrected chi connectivity index (χ1v) is 4.84. The van der Waals surface area contributed by atoms with Crippen LogP contribution in [0.4, 0.5) is 0 Å². The van der Waals surface area contributed by atoms with Crippen LogP contribution in [0.3, 0.4) is 0 Å². The van der Waals surface area contributed by atoms with Gasteiger partial charge in [-0.25, -0.2) is 0 Å². The van der Waals surface area contributed by atoms with Crippen LogP contribution in [-0.4, -0.2) is 12.6 Å². The topological polar surface area (TPSA) is 35.2 Å². The molecule has 0 amide bonds. The fourth-order valence-corrected chi connectivity index (χ4v) is 1.20. The molecule has 0 aliphatic heterocycles. The van der Waals surface area contributed by atoms with E-state index in [9.17, 15) is 0 Å². The van der Waals surface area contributed by atoms with Gasteiger partial charge in [-0.1, -0.05) is 24.8 Å². The second-order valence-electron chi connectivity index (χ2n) is 3.24. The van der Waals surface area contributed by atoms with Gasteiger partial charge in [-0.05, 0) is 37.6 Å². The van der Waals surface area contributed by atoms with Gasteiger partial charge in [0, 0.05) is 0 Å². The Morgan fingerprint density at radius 2 is 2.36 bits per heavy atom. The van der Waals surface area contributed by atoms with Crippen LogP contribution in [0.2, 0.25) is 0 Å². The van der Waals surface area contributed by atoms with Gasteiger partial charge in [0.1, 0.15) is 11.9 Å². The molecule has 2 N–H and O–H groups in total. The van der Waals surface area contributed by atoms with Crippen LogP contribution in [0.25, 0.3) is 0 Å². The van der Waals surface area contributed by atoms with Gasteiger partial charge in [-0.15, -0.1) is 0 Å². The Bertz CT molecular complexity index is 296. The first kappa shape index (κ1) is 10.8. The molecule has 0 bridgehead atoms. The Labute approximate surface area is 85.4 Å². The summed E-state index contributed by atoms with van der Waals surface area (Å²) in [7, 11) is 0. The Hall–Kier alpha value is -1.28. The first-order chi connectivity index (χ1) is 6.76. The van der Waals surface area contributed by atoms with Gasteiger partial charge >= 0.3 is 0 Å². The summed E-state index contributed by atoms with van der Waals surface area (Å²) < 4.78 is 5.59. The third-order valence-corrected chi connectivity index (χ3v) is 1.99. The normalized spacial score (nSPS) is 12.1. The minimum absolute atomic E-state index is 0.0446. The number of rotatable bonds is 5. The van der Waals surface area contributed by atoms with Gasteiger partial charge in [0.2, 0.25) is 0 Å². The Morgan fingerprint density at radius 1 is 1.57 bits per heavy atom. The second kappa shape index (κ2) is 5.45. The lowest BCUT2D eigenvalue weighted by Gasteiger charge is -2.11. The van der Waals surface area contributed by atoms with E-state index in [1.807, 2.05) is 25.1 Å². The van der Waals surface area contributed by atoms with E-state index < -0.39 is 0 Å². The molecule has 14 heavy (non-hydrogen) atoms. The van der Waals surface area contributed by atoms with Crippen molar-refractivity contribution in [3.05, 3.63) is 42.5 Å². The van der Waals surface area contributed by atoms with Gasteiger partial charge in [0.25, 0.3) is 0 Å². The lowest BCUT2D eigenvalue weighted by Crippen LogP contribution is -2.08. The van der Waals surface area contributed by atoms with Crippen molar-refractivity contribution >= 4 is 0 Å². The van der Waals surface area contributed by atoms with E-state index in [1.165, 1.54) is 5.56 Å². The lowest BCUT2D eigenvalue weighted by atomic mass is 10.1.